The highest BCUT2D eigenvalue weighted by atomic mass is 35.5. The van der Waals surface area contributed by atoms with Crippen molar-refractivity contribution >= 4 is 23.7 Å². The summed E-state index contributed by atoms with van der Waals surface area (Å²) in [6.45, 7) is 2.03. The van der Waals surface area contributed by atoms with Crippen molar-refractivity contribution in [2.24, 2.45) is 5.73 Å². The molecular formula is C16H23ClN4OS. The van der Waals surface area contributed by atoms with E-state index in [4.69, 9.17) is 15.2 Å². The fourth-order valence-corrected chi connectivity index (χ4v) is 4.87. The van der Waals surface area contributed by atoms with E-state index < -0.39 is 5.54 Å². The fourth-order valence-electron chi connectivity index (χ4n) is 3.71. The Morgan fingerprint density at radius 2 is 1.83 bits per heavy atom. The average molecular weight is 355 g/mol. The highest BCUT2D eigenvalue weighted by Gasteiger charge is 2.36. The van der Waals surface area contributed by atoms with Gasteiger partial charge in [-0.05, 0) is 32.6 Å². The summed E-state index contributed by atoms with van der Waals surface area (Å²) in [5, 5.41) is 5.39. The fraction of sp³-hybridized carbons (Fsp3) is 0.688. The quantitative estimate of drug-likeness (QED) is 0.888. The Labute approximate surface area is 146 Å². The molecule has 2 fully saturated rings. The van der Waals surface area contributed by atoms with Crippen LogP contribution in [0, 0.1) is 6.92 Å². The van der Waals surface area contributed by atoms with Gasteiger partial charge in [0.15, 0.2) is 5.82 Å². The van der Waals surface area contributed by atoms with Crippen molar-refractivity contribution in [1.29, 1.82) is 0 Å². The number of hydrogen-bond donors (Lipinski definition) is 1. The first-order valence-corrected chi connectivity index (χ1v) is 9.08. The monoisotopic (exact) mass is 354 g/mol. The molecule has 2 aliphatic carbocycles. The van der Waals surface area contributed by atoms with Gasteiger partial charge in [0.25, 0.3) is 5.89 Å². The van der Waals surface area contributed by atoms with Crippen LogP contribution in [0.3, 0.4) is 0 Å². The van der Waals surface area contributed by atoms with E-state index in [9.17, 15) is 0 Å². The zero-order chi connectivity index (χ0) is 15.2. The maximum Gasteiger partial charge on any atom is 0.269 e. The van der Waals surface area contributed by atoms with Crippen molar-refractivity contribution in [2.75, 3.05) is 0 Å². The molecule has 23 heavy (non-hydrogen) atoms. The van der Waals surface area contributed by atoms with E-state index in [1.165, 1.54) is 30.7 Å². The van der Waals surface area contributed by atoms with Crippen molar-refractivity contribution < 1.29 is 4.52 Å². The zero-order valence-corrected chi connectivity index (χ0v) is 15.0. The summed E-state index contributed by atoms with van der Waals surface area (Å²) in [6, 6.07) is 0. The molecule has 5 nitrogen and oxygen atoms in total. The number of nitrogens with two attached hydrogens (primary N) is 1. The third kappa shape index (κ3) is 3.04. The van der Waals surface area contributed by atoms with Gasteiger partial charge in [-0.1, -0.05) is 30.8 Å². The summed E-state index contributed by atoms with van der Waals surface area (Å²) < 4.78 is 5.51. The number of rotatable bonds is 3. The molecule has 2 N–H and O–H groups in total. The Bertz CT molecular complexity index is 671. The Balaban J connectivity index is 0.00000156. The smallest absolute Gasteiger partial charge is 0.269 e. The first kappa shape index (κ1) is 16.9. The van der Waals surface area contributed by atoms with Crippen LogP contribution in [0.15, 0.2) is 4.52 Å². The SMILES string of the molecule is Cc1nc(C2CCCC2)sc1-c1nc(C2(N)CCCC2)no1.Cl. The van der Waals surface area contributed by atoms with Crippen molar-refractivity contribution in [3.63, 3.8) is 0 Å². The van der Waals surface area contributed by atoms with Crippen LogP contribution < -0.4 is 5.73 Å². The summed E-state index contributed by atoms with van der Waals surface area (Å²) in [5.74, 6) is 1.87. The van der Waals surface area contributed by atoms with Gasteiger partial charge in [0.1, 0.15) is 4.88 Å². The third-order valence-corrected chi connectivity index (χ3v) is 6.39. The van der Waals surface area contributed by atoms with Gasteiger partial charge in [0, 0.05) is 5.92 Å². The van der Waals surface area contributed by atoms with Gasteiger partial charge >= 0.3 is 0 Å². The number of halogens is 1. The Morgan fingerprint density at radius 3 is 2.52 bits per heavy atom. The summed E-state index contributed by atoms with van der Waals surface area (Å²) in [7, 11) is 0. The molecule has 2 saturated carbocycles. The van der Waals surface area contributed by atoms with Gasteiger partial charge < -0.3 is 10.3 Å². The van der Waals surface area contributed by atoms with Crippen LogP contribution in [0.5, 0.6) is 0 Å². The van der Waals surface area contributed by atoms with E-state index in [0.717, 1.165) is 36.3 Å². The minimum absolute atomic E-state index is 0. The van der Waals surface area contributed by atoms with E-state index in [0.29, 0.717) is 17.6 Å². The van der Waals surface area contributed by atoms with Crippen LogP contribution in [0.25, 0.3) is 10.8 Å². The Morgan fingerprint density at radius 1 is 1.13 bits per heavy atom. The van der Waals surface area contributed by atoms with Crippen LogP contribution in [-0.4, -0.2) is 15.1 Å². The van der Waals surface area contributed by atoms with E-state index in [2.05, 4.69) is 10.1 Å². The lowest BCUT2D eigenvalue weighted by molar-refractivity contribution is 0.373. The normalized spacial score (nSPS) is 20.8. The molecule has 2 aliphatic rings. The van der Waals surface area contributed by atoms with Crippen molar-refractivity contribution in [3.05, 3.63) is 16.5 Å². The first-order chi connectivity index (χ1) is 10.7. The van der Waals surface area contributed by atoms with Crippen LogP contribution in [0.4, 0.5) is 0 Å². The topological polar surface area (TPSA) is 77.8 Å². The van der Waals surface area contributed by atoms with Crippen molar-refractivity contribution in [1.82, 2.24) is 15.1 Å². The van der Waals surface area contributed by atoms with E-state index >= 15 is 0 Å². The standard InChI is InChI=1S/C16H22N4OS.ClH/c1-10-12(22-14(18-10)11-6-2-3-7-11)13-19-15(20-21-13)16(17)8-4-5-9-16;/h11H,2-9,17H2,1H3;1H. The lowest BCUT2D eigenvalue weighted by Gasteiger charge is -2.17. The molecule has 0 bridgehead atoms. The molecule has 0 amide bonds. The van der Waals surface area contributed by atoms with Crippen LogP contribution in [0.2, 0.25) is 0 Å². The number of hydrogen-bond acceptors (Lipinski definition) is 6. The predicted octanol–water partition coefficient (Wildman–Crippen LogP) is 4.31. The molecule has 0 atom stereocenters. The third-order valence-electron chi connectivity index (χ3n) is 5.08. The van der Waals surface area contributed by atoms with Crippen molar-refractivity contribution in [3.8, 4) is 10.8 Å². The highest BCUT2D eigenvalue weighted by molar-refractivity contribution is 7.15. The molecule has 2 aromatic heterocycles. The molecule has 2 aromatic rings. The second-order valence-electron chi connectivity index (χ2n) is 6.73. The minimum Gasteiger partial charge on any atom is -0.333 e. The molecule has 4 rings (SSSR count). The van der Waals surface area contributed by atoms with Gasteiger partial charge in [-0.2, -0.15) is 4.98 Å². The summed E-state index contributed by atoms with van der Waals surface area (Å²) in [6.07, 6.45) is 9.33. The molecule has 0 aromatic carbocycles. The number of aryl methyl sites for hydroxylation is 1. The number of aromatic nitrogens is 3. The van der Waals surface area contributed by atoms with Crippen molar-refractivity contribution in [2.45, 2.75) is 69.7 Å². The van der Waals surface area contributed by atoms with E-state index in [1.807, 2.05) is 6.92 Å². The summed E-state index contributed by atoms with van der Waals surface area (Å²) in [5.41, 5.74) is 7.02. The second kappa shape index (κ2) is 6.49. The maximum absolute atomic E-state index is 6.42. The Kier molecular flexibility index (Phi) is 4.76. The Hall–Kier alpha value is -0.980. The molecule has 0 unspecified atom stereocenters. The zero-order valence-electron chi connectivity index (χ0n) is 13.4. The molecular weight excluding hydrogens is 332 g/mol. The molecule has 126 valence electrons. The van der Waals surface area contributed by atoms with Crippen LogP contribution >= 0.6 is 23.7 Å². The molecule has 7 heteroatoms. The van der Waals surface area contributed by atoms with Crippen LogP contribution in [0.1, 0.15) is 73.8 Å². The largest absolute Gasteiger partial charge is 0.333 e. The lowest BCUT2D eigenvalue weighted by atomic mass is 9.99. The molecule has 0 aliphatic heterocycles. The van der Waals surface area contributed by atoms with Gasteiger partial charge in [-0.3, -0.25) is 0 Å². The number of nitrogens with zero attached hydrogens (tertiary/aromatic N) is 3. The second-order valence-corrected chi connectivity index (χ2v) is 7.77. The van der Waals surface area contributed by atoms with Gasteiger partial charge in [0.05, 0.1) is 16.2 Å². The molecule has 0 saturated heterocycles. The summed E-state index contributed by atoms with van der Waals surface area (Å²) >= 11 is 1.72. The first-order valence-electron chi connectivity index (χ1n) is 8.26. The van der Waals surface area contributed by atoms with E-state index in [-0.39, 0.29) is 12.4 Å². The number of thiazole rings is 1. The summed E-state index contributed by atoms with van der Waals surface area (Å²) in [4.78, 5) is 10.4. The van der Waals surface area contributed by atoms with Gasteiger partial charge in [-0.15, -0.1) is 23.7 Å². The maximum atomic E-state index is 6.42. The van der Waals surface area contributed by atoms with Gasteiger partial charge in [-0.25, -0.2) is 4.98 Å². The van der Waals surface area contributed by atoms with Crippen LogP contribution in [-0.2, 0) is 5.54 Å². The lowest BCUT2D eigenvalue weighted by Crippen LogP contribution is -2.34. The van der Waals surface area contributed by atoms with Gasteiger partial charge in [0.2, 0.25) is 0 Å². The molecule has 0 spiro atoms. The molecule has 2 heterocycles. The average Bonchev–Trinajstić information content (AvgIpc) is 3.25. The van der Waals surface area contributed by atoms with E-state index in [1.54, 1.807) is 11.3 Å². The minimum atomic E-state index is -0.394. The molecule has 0 radical (unpaired) electrons. The predicted molar refractivity (Wildman–Crippen MR) is 92.9 cm³/mol. The highest BCUT2D eigenvalue weighted by Crippen LogP contribution is 2.41.